The fraction of sp³-hybridized carbons (Fsp3) is 0.265. The van der Waals surface area contributed by atoms with Gasteiger partial charge >= 0.3 is 11.9 Å². The van der Waals surface area contributed by atoms with Gasteiger partial charge in [0.2, 0.25) is 0 Å². The molecule has 43 heavy (non-hydrogen) atoms. The van der Waals surface area contributed by atoms with Crippen LogP contribution >= 0.6 is 0 Å². The van der Waals surface area contributed by atoms with Crippen LogP contribution in [0.4, 0.5) is 10.1 Å². The molecule has 1 heterocycles. The molecule has 2 N–H and O–H groups in total. The lowest BCUT2D eigenvalue weighted by Gasteiger charge is -2.44. The summed E-state index contributed by atoms with van der Waals surface area (Å²) in [5, 5.41) is 0. The van der Waals surface area contributed by atoms with Gasteiger partial charge in [-0.3, -0.25) is 14.5 Å². The summed E-state index contributed by atoms with van der Waals surface area (Å²) >= 11 is 0. The Morgan fingerprint density at radius 2 is 1.63 bits per heavy atom. The summed E-state index contributed by atoms with van der Waals surface area (Å²) in [4.78, 5) is 43.6. The summed E-state index contributed by atoms with van der Waals surface area (Å²) in [5.41, 5.74) is 9.42. The normalized spacial score (nSPS) is 20.0. The lowest BCUT2D eigenvalue weighted by Crippen LogP contribution is -2.46. The van der Waals surface area contributed by atoms with Crippen LogP contribution in [0.25, 0.3) is 0 Å². The van der Waals surface area contributed by atoms with E-state index >= 15 is 0 Å². The number of methoxy groups -OCH3 is 1. The van der Waals surface area contributed by atoms with Crippen LogP contribution in [0.1, 0.15) is 43.2 Å². The highest BCUT2D eigenvalue weighted by Gasteiger charge is 2.51. The number of allylic oxidation sites excluding steroid dienone is 2. The quantitative estimate of drug-likeness (QED) is 0.279. The Morgan fingerprint density at radius 1 is 0.930 bits per heavy atom. The van der Waals surface area contributed by atoms with E-state index in [1.165, 1.54) is 24.3 Å². The van der Waals surface area contributed by atoms with Gasteiger partial charge in [-0.15, -0.1) is 0 Å². The molecule has 0 amide bonds. The molecule has 3 aromatic rings. The molecule has 0 radical (unpaired) electrons. The van der Waals surface area contributed by atoms with Crippen LogP contribution in [0.15, 0.2) is 102 Å². The number of ketones is 1. The summed E-state index contributed by atoms with van der Waals surface area (Å²) in [7, 11) is 1.54. The minimum atomic E-state index is -1.21. The molecule has 3 atom stereocenters. The largest absolute Gasteiger partial charge is 0.497 e. The van der Waals surface area contributed by atoms with Gasteiger partial charge in [0.1, 0.15) is 23.3 Å². The molecule has 9 heteroatoms. The third-order valence-electron chi connectivity index (χ3n) is 7.81. The van der Waals surface area contributed by atoms with Crippen LogP contribution in [0.3, 0.4) is 0 Å². The first-order valence-corrected chi connectivity index (χ1v) is 14.2. The number of rotatable bonds is 8. The Balaban J connectivity index is 1.81. The van der Waals surface area contributed by atoms with Crippen LogP contribution in [-0.2, 0) is 23.9 Å². The standard InChI is InChI=1S/C34H33FN2O6/c1-4-42-33(39)28-25(21-10-9-13-24(18-21)41-3)19-26-29(31(28)38)27(20-14-16-22(35)17-15-20)30(34(40)43-5-2)32(36)37(26)23-11-7-6-8-12-23/h6-18,25,27-28H,4-5,19,36H2,1-3H3/t25-,27+,28+/m1/s1. The van der Waals surface area contributed by atoms with Gasteiger partial charge in [0.15, 0.2) is 5.78 Å². The fourth-order valence-corrected chi connectivity index (χ4v) is 5.98. The predicted octanol–water partition coefficient (Wildman–Crippen LogP) is 5.36. The maximum Gasteiger partial charge on any atom is 0.338 e. The average molecular weight is 585 g/mol. The number of para-hydroxylation sites is 1. The van der Waals surface area contributed by atoms with Crippen molar-refractivity contribution >= 4 is 23.4 Å². The Bertz CT molecular complexity index is 1600. The molecule has 5 rings (SSSR count). The van der Waals surface area contributed by atoms with Gasteiger partial charge < -0.3 is 19.9 Å². The van der Waals surface area contributed by atoms with E-state index in [-0.39, 0.29) is 36.6 Å². The molecule has 2 aliphatic rings. The monoisotopic (exact) mass is 584 g/mol. The molecule has 8 nitrogen and oxygen atoms in total. The lowest BCUT2D eigenvalue weighted by atomic mass is 9.67. The Kier molecular flexibility index (Phi) is 8.61. The van der Waals surface area contributed by atoms with Gasteiger partial charge in [-0.1, -0.05) is 42.5 Å². The van der Waals surface area contributed by atoms with Crippen LogP contribution in [-0.4, -0.2) is 38.0 Å². The van der Waals surface area contributed by atoms with Gasteiger partial charge in [-0.05, 0) is 67.8 Å². The van der Waals surface area contributed by atoms with Gasteiger partial charge in [-0.25, -0.2) is 9.18 Å². The summed E-state index contributed by atoms with van der Waals surface area (Å²) in [5.74, 6) is -4.55. The van der Waals surface area contributed by atoms with Crippen molar-refractivity contribution in [3.05, 3.63) is 118 Å². The molecule has 0 bridgehead atoms. The molecular weight excluding hydrogens is 551 g/mol. The molecular formula is C34H33FN2O6. The number of nitrogens with zero attached hydrogens (tertiary/aromatic N) is 1. The van der Waals surface area contributed by atoms with Crippen LogP contribution in [0, 0.1) is 11.7 Å². The lowest BCUT2D eigenvalue weighted by molar-refractivity contribution is -0.152. The van der Waals surface area contributed by atoms with Crippen LogP contribution in [0.2, 0.25) is 0 Å². The second kappa shape index (κ2) is 12.5. The van der Waals surface area contributed by atoms with E-state index in [9.17, 15) is 18.8 Å². The van der Waals surface area contributed by atoms with Gasteiger partial charge in [0.05, 0.1) is 31.8 Å². The van der Waals surface area contributed by atoms with E-state index in [0.29, 0.717) is 28.3 Å². The molecule has 0 aromatic heterocycles. The zero-order valence-corrected chi connectivity index (χ0v) is 24.2. The number of Topliss-reactive ketones (excluding diaryl/α,β-unsaturated/α-hetero) is 1. The molecule has 0 fully saturated rings. The summed E-state index contributed by atoms with van der Waals surface area (Å²) in [6.07, 6.45) is 0.209. The Labute approximate surface area is 249 Å². The molecule has 0 spiro atoms. The Morgan fingerprint density at radius 3 is 2.28 bits per heavy atom. The van der Waals surface area contributed by atoms with Crippen molar-refractivity contribution < 1.29 is 33.0 Å². The van der Waals surface area contributed by atoms with Crippen molar-refractivity contribution in [2.45, 2.75) is 32.1 Å². The van der Waals surface area contributed by atoms with Crippen molar-refractivity contribution in [3.63, 3.8) is 0 Å². The number of benzene rings is 3. The van der Waals surface area contributed by atoms with Gasteiger partial charge in [0, 0.05) is 22.9 Å². The Hall–Kier alpha value is -4.92. The second-order valence-corrected chi connectivity index (χ2v) is 10.2. The summed E-state index contributed by atoms with van der Waals surface area (Å²) in [6.45, 7) is 3.50. The number of hydrogen-bond donors (Lipinski definition) is 1. The first kappa shape index (κ1) is 29.6. The fourth-order valence-electron chi connectivity index (χ4n) is 5.98. The first-order valence-electron chi connectivity index (χ1n) is 14.2. The van der Waals surface area contributed by atoms with Crippen molar-refractivity contribution in [2.75, 3.05) is 25.2 Å². The number of esters is 2. The highest BCUT2D eigenvalue weighted by Crippen LogP contribution is 2.51. The van der Waals surface area contributed by atoms with Gasteiger partial charge in [-0.2, -0.15) is 0 Å². The summed E-state index contributed by atoms with van der Waals surface area (Å²) in [6, 6.07) is 21.9. The number of carbonyl (C=O) groups is 3. The average Bonchev–Trinajstić information content (AvgIpc) is 3.01. The molecule has 0 saturated heterocycles. The minimum absolute atomic E-state index is 0.0341. The maximum atomic E-state index is 14.8. The highest BCUT2D eigenvalue weighted by molar-refractivity contribution is 6.14. The third-order valence-corrected chi connectivity index (χ3v) is 7.81. The number of hydrogen-bond acceptors (Lipinski definition) is 8. The molecule has 0 saturated carbocycles. The van der Waals surface area contributed by atoms with Gasteiger partial charge in [0.25, 0.3) is 0 Å². The summed E-state index contributed by atoms with van der Waals surface area (Å²) < 4.78 is 30.4. The maximum absolute atomic E-state index is 14.8. The molecule has 3 aromatic carbocycles. The molecule has 1 aliphatic heterocycles. The second-order valence-electron chi connectivity index (χ2n) is 10.2. The number of anilines is 1. The van der Waals surface area contributed by atoms with Crippen molar-refractivity contribution in [2.24, 2.45) is 11.7 Å². The minimum Gasteiger partial charge on any atom is -0.497 e. The predicted molar refractivity (Wildman–Crippen MR) is 158 cm³/mol. The van der Waals surface area contributed by atoms with E-state index in [1.807, 2.05) is 36.4 Å². The van der Waals surface area contributed by atoms with E-state index in [2.05, 4.69) is 0 Å². The van der Waals surface area contributed by atoms with Crippen molar-refractivity contribution in [3.8, 4) is 5.75 Å². The number of nitrogens with two attached hydrogens (primary N) is 1. The van der Waals surface area contributed by atoms with E-state index in [0.717, 1.165) is 0 Å². The number of halogens is 1. The molecule has 0 unspecified atom stereocenters. The van der Waals surface area contributed by atoms with E-state index < -0.39 is 41.3 Å². The molecule has 222 valence electrons. The van der Waals surface area contributed by atoms with Crippen molar-refractivity contribution in [1.82, 2.24) is 0 Å². The zero-order valence-electron chi connectivity index (χ0n) is 24.2. The SMILES string of the molecule is CCOC(=O)C1=C(N)N(c2ccccc2)C2=C(C(=O)[C@@H](C(=O)OCC)[C@@H](c3cccc(OC)c3)C2)[C@@H]1c1ccc(F)cc1. The topological polar surface area (TPSA) is 108 Å². The van der Waals surface area contributed by atoms with E-state index in [4.69, 9.17) is 19.9 Å². The third kappa shape index (κ3) is 5.50. The number of carbonyl (C=O) groups excluding carboxylic acids is 3. The van der Waals surface area contributed by atoms with E-state index in [1.54, 1.807) is 44.1 Å². The smallest absolute Gasteiger partial charge is 0.338 e. The van der Waals surface area contributed by atoms with Crippen LogP contribution < -0.4 is 15.4 Å². The number of ether oxygens (including phenoxy) is 3. The first-order chi connectivity index (χ1) is 20.8. The van der Waals surface area contributed by atoms with Crippen molar-refractivity contribution in [1.29, 1.82) is 0 Å². The zero-order chi connectivity index (χ0) is 30.7. The molecule has 1 aliphatic carbocycles. The van der Waals surface area contributed by atoms with Crippen LogP contribution in [0.5, 0.6) is 5.75 Å². The highest BCUT2D eigenvalue weighted by atomic mass is 19.1.